The third kappa shape index (κ3) is 3.65. The van der Waals surface area contributed by atoms with Gasteiger partial charge < -0.3 is 9.84 Å². The molecule has 0 atom stereocenters. The molecule has 0 bridgehead atoms. The Morgan fingerprint density at radius 1 is 1.19 bits per heavy atom. The molecule has 0 saturated carbocycles. The number of carboxylic acids is 1. The number of rotatable bonds is 5. The van der Waals surface area contributed by atoms with Crippen LogP contribution in [-0.4, -0.2) is 33.7 Å². The number of nitrogens with zero attached hydrogens (tertiary/aromatic N) is 3. The van der Waals surface area contributed by atoms with E-state index in [4.69, 9.17) is 4.74 Å². The highest BCUT2D eigenvalue weighted by atomic mass is 32.1. The molecule has 7 nitrogen and oxygen atoms in total. The van der Waals surface area contributed by atoms with Gasteiger partial charge in [0.1, 0.15) is 24.3 Å². The Labute approximate surface area is 153 Å². The van der Waals surface area contributed by atoms with Gasteiger partial charge in [-0.25, -0.2) is 19.7 Å². The Bertz CT molecular complexity index is 956. The number of amides is 1. The van der Waals surface area contributed by atoms with Crippen LogP contribution in [0.15, 0.2) is 36.7 Å². The first-order valence-corrected chi connectivity index (χ1v) is 8.69. The Hall–Kier alpha value is -3.00. The fourth-order valence-electron chi connectivity index (χ4n) is 2.53. The van der Waals surface area contributed by atoms with E-state index in [1.54, 1.807) is 0 Å². The Balaban J connectivity index is 1.93. The van der Waals surface area contributed by atoms with Crippen molar-refractivity contribution in [3.63, 3.8) is 0 Å². The van der Waals surface area contributed by atoms with E-state index in [0.29, 0.717) is 10.2 Å². The molecule has 8 heteroatoms. The molecule has 1 amide bonds. The molecule has 1 N–H and O–H groups in total. The van der Waals surface area contributed by atoms with Crippen LogP contribution in [0.5, 0.6) is 0 Å². The van der Waals surface area contributed by atoms with Crippen LogP contribution in [0.4, 0.5) is 10.6 Å². The lowest BCUT2D eigenvalue weighted by Crippen LogP contribution is -2.37. The van der Waals surface area contributed by atoms with Gasteiger partial charge in [-0.05, 0) is 25.0 Å². The van der Waals surface area contributed by atoms with Crippen LogP contribution in [0.3, 0.4) is 0 Å². The van der Waals surface area contributed by atoms with Crippen molar-refractivity contribution in [2.24, 2.45) is 0 Å². The standard InChI is InChI=1S/C18H17N3O4S/c1-11-12(2)26-17-15(11)16(19-10-20-17)21(8-14(22)23)18(24)25-9-13-6-4-3-5-7-13/h3-7,10H,8-9H2,1-2H3,(H,22,23). The van der Waals surface area contributed by atoms with Gasteiger partial charge in [0.15, 0.2) is 5.82 Å². The van der Waals surface area contributed by atoms with Crippen molar-refractivity contribution >= 4 is 39.4 Å². The number of anilines is 1. The molecule has 3 aromatic rings. The second-order valence-corrected chi connectivity index (χ2v) is 6.88. The number of aliphatic carboxylic acids is 1. The predicted octanol–water partition coefficient (Wildman–Crippen LogP) is 3.54. The number of fused-ring (bicyclic) bond motifs is 1. The van der Waals surface area contributed by atoms with Crippen LogP contribution in [-0.2, 0) is 16.1 Å². The first kappa shape index (κ1) is 17.8. The number of thiophene rings is 1. The number of aryl methyl sites for hydroxylation is 2. The maximum absolute atomic E-state index is 12.6. The van der Waals surface area contributed by atoms with E-state index in [0.717, 1.165) is 20.9 Å². The minimum absolute atomic E-state index is 0.0473. The SMILES string of the molecule is Cc1sc2ncnc(N(CC(=O)O)C(=O)OCc3ccccc3)c2c1C. The first-order valence-electron chi connectivity index (χ1n) is 7.88. The van der Waals surface area contributed by atoms with Crippen LogP contribution in [0.1, 0.15) is 16.0 Å². The molecule has 0 aliphatic rings. The number of carbonyl (C=O) groups is 2. The summed E-state index contributed by atoms with van der Waals surface area (Å²) in [4.78, 5) is 35.1. The van der Waals surface area contributed by atoms with Crippen LogP contribution in [0.2, 0.25) is 0 Å². The lowest BCUT2D eigenvalue weighted by Gasteiger charge is -2.20. The van der Waals surface area contributed by atoms with Crippen LogP contribution < -0.4 is 4.90 Å². The number of hydrogen-bond acceptors (Lipinski definition) is 6. The molecule has 0 aliphatic carbocycles. The largest absolute Gasteiger partial charge is 0.480 e. The Kier molecular flexibility index (Phi) is 5.13. The van der Waals surface area contributed by atoms with Gasteiger partial charge in [-0.1, -0.05) is 30.3 Å². The summed E-state index contributed by atoms with van der Waals surface area (Å²) in [5.41, 5.74) is 1.73. The summed E-state index contributed by atoms with van der Waals surface area (Å²) >= 11 is 1.47. The molecule has 2 aromatic heterocycles. The second-order valence-electron chi connectivity index (χ2n) is 5.68. The van der Waals surface area contributed by atoms with Crippen molar-refractivity contribution in [2.75, 3.05) is 11.4 Å². The molecular formula is C18H17N3O4S. The predicted molar refractivity (Wildman–Crippen MR) is 98.5 cm³/mol. The van der Waals surface area contributed by atoms with Gasteiger partial charge in [-0.2, -0.15) is 0 Å². The fraction of sp³-hybridized carbons (Fsp3) is 0.222. The van der Waals surface area contributed by atoms with E-state index in [1.807, 2.05) is 44.2 Å². The zero-order valence-corrected chi connectivity index (χ0v) is 15.1. The van der Waals surface area contributed by atoms with Crippen molar-refractivity contribution in [3.05, 3.63) is 52.7 Å². The second kappa shape index (κ2) is 7.49. The quantitative estimate of drug-likeness (QED) is 0.737. The maximum Gasteiger partial charge on any atom is 0.416 e. The van der Waals surface area contributed by atoms with Crippen LogP contribution in [0.25, 0.3) is 10.2 Å². The molecular weight excluding hydrogens is 354 g/mol. The van der Waals surface area contributed by atoms with Gasteiger partial charge in [0.25, 0.3) is 0 Å². The van der Waals surface area contributed by atoms with Crippen molar-refractivity contribution in [2.45, 2.75) is 20.5 Å². The summed E-state index contributed by atoms with van der Waals surface area (Å²) in [7, 11) is 0. The summed E-state index contributed by atoms with van der Waals surface area (Å²) in [5, 5.41) is 9.91. The van der Waals surface area contributed by atoms with Gasteiger partial charge in [-0.3, -0.25) is 4.79 Å². The minimum atomic E-state index is -1.15. The molecule has 0 aliphatic heterocycles. The Morgan fingerprint density at radius 2 is 1.92 bits per heavy atom. The normalized spacial score (nSPS) is 10.7. The van der Waals surface area contributed by atoms with Gasteiger partial charge in [0, 0.05) is 4.88 Å². The van der Waals surface area contributed by atoms with Gasteiger partial charge in [0.05, 0.1) is 5.39 Å². The van der Waals surface area contributed by atoms with Crippen molar-refractivity contribution < 1.29 is 19.4 Å². The molecule has 26 heavy (non-hydrogen) atoms. The smallest absolute Gasteiger partial charge is 0.416 e. The van der Waals surface area contributed by atoms with Gasteiger partial charge in [-0.15, -0.1) is 11.3 Å². The van der Waals surface area contributed by atoms with Crippen molar-refractivity contribution in [3.8, 4) is 0 Å². The molecule has 2 heterocycles. The number of ether oxygens (including phenoxy) is 1. The highest BCUT2D eigenvalue weighted by Crippen LogP contribution is 2.34. The number of carboxylic acid groups (broad SMARTS) is 1. The average molecular weight is 371 g/mol. The van der Waals surface area contributed by atoms with Crippen molar-refractivity contribution in [1.29, 1.82) is 0 Å². The third-order valence-corrected chi connectivity index (χ3v) is 5.04. The summed E-state index contributed by atoms with van der Waals surface area (Å²) in [6, 6.07) is 9.18. The average Bonchev–Trinajstić information content (AvgIpc) is 2.93. The van der Waals surface area contributed by atoms with Gasteiger partial charge in [0.2, 0.25) is 0 Å². The molecule has 134 valence electrons. The Morgan fingerprint density at radius 3 is 2.62 bits per heavy atom. The summed E-state index contributed by atoms with van der Waals surface area (Å²) in [5.74, 6) is -0.907. The van der Waals surface area contributed by atoms with E-state index in [1.165, 1.54) is 17.7 Å². The highest BCUT2D eigenvalue weighted by molar-refractivity contribution is 7.18. The summed E-state index contributed by atoms with van der Waals surface area (Å²) in [6.45, 7) is 3.34. The van der Waals surface area contributed by atoms with Crippen LogP contribution in [0, 0.1) is 13.8 Å². The van der Waals surface area contributed by atoms with Crippen molar-refractivity contribution in [1.82, 2.24) is 9.97 Å². The van der Waals surface area contributed by atoms with Crippen LogP contribution >= 0.6 is 11.3 Å². The van der Waals surface area contributed by atoms with E-state index in [9.17, 15) is 14.7 Å². The maximum atomic E-state index is 12.6. The lowest BCUT2D eigenvalue weighted by atomic mass is 10.2. The van der Waals surface area contributed by atoms with Gasteiger partial charge >= 0.3 is 12.1 Å². The first-order chi connectivity index (χ1) is 12.5. The molecule has 1 aromatic carbocycles. The molecule has 3 rings (SSSR count). The zero-order valence-electron chi connectivity index (χ0n) is 14.3. The number of aromatic nitrogens is 2. The fourth-order valence-corrected chi connectivity index (χ4v) is 3.52. The molecule has 0 fully saturated rings. The minimum Gasteiger partial charge on any atom is -0.480 e. The van der Waals surface area contributed by atoms with E-state index in [-0.39, 0.29) is 12.4 Å². The lowest BCUT2D eigenvalue weighted by molar-refractivity contribution is -0.135. The molecule has 0 saturated heterocycles. The summed E-state index contributed by atoms with van der Waals surface area (Å²) in [6.07, 6.45) is 0.561. The molecule has 0 unspecified atom stereocenters. The third-order valence-electron chi connectivity index (χ3n) is 3.92. The molecule has 0 radical (unpaired) electrons. The number of hydrogen-bond donors (Lipinski definition) is 1. The van der Waals surface area contributed by atoms with E-state index < -0.39 is 18.6 Å². The zero-order chi connectivity index (χ0) is 18.7. The monoisotopic (exact) mass is 371 g/mol. The molecule has 0 spiro atoms. The topological polar surface area (TPSA) is 92.6 Å². The number of carbonyl (C=O) groups excluding carboxylic acids is 1. The van der Waals surface area contributed by atoms with E-state index in [2.05, 4.69) is 9.97 Å². The number of benzene rings is 1. The van der Waals surface area contributed by atoms with E-state index >= 15 is 0 Å². The summed E-state index contributed by atoms with van der Waals surface area (Å²) < 4.78 is 5.31. The highest BCUT2D eigenvalue weighted by Gasteiger charge is 2.25.